The molecule has 0 amide bonds. The Kier molecular flexibility index (Phi) is 4.20. The second-order valence-corrected chi connectivity index (χ2v) is 6.88. The van der Waals surface area contributed by atoms with Gasteiger partial charge in [0.1, 0.15) is 4.83 Å². The van der Waals surface area contributed by atoms with Crippen molar-refractivity contribution in [2.24, 2.45) is 0 Å². The maximum Gasteiger partial charge on any atom is 0.226 e. The molecular weight excluding hydrogens is 298 g/mol. The van der Waals surface area contributed by atoms with E-state index in [-0.39, 0.29) is 0 Å². The predicted octanol–water partition coefficient (Wildman–Crippen LogP) is 0.933. The van der Waals surface area contributed by atoms with Crippen LogP contribution in [0.5, 0.6) is 0 Å². The molecule has 118 valence electrons. The van der Waals surface area contributed by atoms with E-state index in [0.717, 1.165) is 75.2 Å². The smallest absolute Gasteiger partial charge is 0.226 e. The van der Waals surface area contributed by atoms with Crippen LogP contribution in [0.1, 0.15) is 4.88 Å². The van der Waals surface area contributed by atoms with Crippen LogP contribution in [-0.2, 0) is 11.3 Å². The number of anilines is 1. The summed E-state index contributed by atoms with van der Waals surface area (Å²) in [6.45, 7) is 8.74. The summed E-state index contributed by atoms with van der Waals surface area (Å²) in [7, 11) is 0. The molecule has 0 unspecified atom stereocenters. The molecule has 2 aliphatic rings. The van der Waals surface area contributed by atoms with E-state index in [1.54, 1.807) is 11.3 Å². The van der Waals surface area contributed by atoms with E-state index in [1.165, 1.54) is 4.88 Å². The Morgan fingerprint density at radius 1 is 1.18 bits per heavy atom. The maximum atomic E-state index is 5.39. The van der Waals surface area contributed by atoms with E-state index in [4.69, 9.17) is 9.72 Å². The minimum atomic E-state index is 0.764. The van der Waals surface area contributed by atoms with E-state index >= 15 is 0 Å². The Balaban J connectivity index is 1.52. The lowest BCUT2D eigenvalue weighted by Gasteiger charge is -2.26. The van der Waals surface area contributed by atoms with Gasteiger partial charge in [0.25, 0.3) is 0 Å². The molecule has 0 aromatic carbocycles. The summed E-state index contributed by atoms with van der Waals surface area (Å²) in [5.74, 6) is 0.839. The highest BCUT2D eigenvalue weighted by atomic mass is 32.1. The highest BCUT2D eigenvalue weighted by Gasteiger charge is 2.16. The number of piperazine rings is 1. The number of aromatic nitrogens is 2. The van der Waals surface area contributed by atoms with Crippen molar-refractivity contribution >= 4 is 27.5 Å². The van der Waals surface area contributed by atoms with Crippen molar-refractivity contribution in [1.82, 2.24) is 20.2 Å². The van der Waals surface area contributed by atoms with Crippen LogP contribution in [0, 0.1) is 0 Å². The minimum absolute atomic E-state index is 0.764. The molecule has 0 bridgehead atoms. The summed E-state index contributed by atoms with van der Waals surface area (Å²) in [6.07, 6.45) is 1.96. The summed E-state index contributed by atoms with van der Waals surface area (Å²) in [5, 5.41) is 4.55. The number of ether oxygens (including phenoxy) is 1. The monoisotopic (exact) mass is 319 g/mol. The minimum Gasteiger partial charge on any atom is -0.378 e. The standard InChI is InChI=1S/C15H21N5OS/c1-3-19(4-2-16-1)11-13-9-12-10-17-15(18-14(12)22-13)20-5-7-21-8-6-20/h9-10,16H,1-8,11H2. The van der Waals surface area contributed by atoms with E-state index in [1.807, 2.05) is 6.20 Å². The first kappa shape index (κ1) is 14.3. The van der Waals surface area contributed by atoms with Crippen molar-refractivity contribution in [2.75, 3.05) is 57.4 Å². The molecule has 1 N–H and O–H groups in total. The Bertz CT molecular complexity index is 634. The molecule has 0 spiro atoms. The number of hydrogen-bond donors (Lipinski definition) is 1. The van der Waals surface area contributed by atoms with Gasteiger partial charge >= 0.3 is 0 Å². The van der Waals surface area contributed by atoms with Crippen LogP contribution in [-0.4, -0.2) is 67.4 Å². The summed E-state index contributed by atoms with van der Waals surface area (Å²) in [4.78, 5) is 16.5. The van der Waals surface area contributed by atoms with E-state index in [2.05, 4.69) is 26.2 Å². The van der Waals surface area contributed by atoms with Gasteiger partial charge in [-0.25, -0.2) is 9.97 Å². The van der Waals surface area contributed by atoms with Crippen molar-refractivity contribution in [3.05, 3.63) is 17.1 Å². The number of thiophene rings is 1. The second kappa shape index (κ2) is 6.45. The Morgan fingerprint density at radius 3 is 2.82 bits per heavy atom. The quantitative estimate of drug-likeness (QED) is 0.908. The summed E-state index contributed by atoms with van der Waals surface area (Å²) < 4.78 is 5.39. The van der Waals surface area contributed by atoms with Gasteiger partial charge in [0.15, 0.2) is 0 Å². The van der Waals surface area contributed by atoms with Crippen LogP contribution in [0.2, 0.25) is 0 Å². The molecule has 7 heteroatoms. The molecule has 0 radical (unpaired) electrons. The first-order chi connectivity index (χ1) is 10.9. The van der Waals surface area contributed by atoms with Gasteiger partial charge in [0, 0.05) is 62.3 Å². The maximum absolute atomic E-state index is 5.39. The van der Waals surface area contributed by atoms with Crippen molar-refractivity contribution in [1.29, 1.82) is 0 Å². The van der Waals surface area contributed by atoms with Gasteiger partial charge in [-0.2, -0.15) is 0 Å². The van der Waals surface area contributed by atoms with Crippen LogP contribution in [0.3, 0.4) is 0 Å². The van der Waals surface area contributed by atoms with Crippen LogP contribution < -0.4 is 10.2 Å². The van der Waals surface area contributed by atoms with Gasteiger partial charge in [0.2, 0.25) is 5.95 Å². The van der Waals surface area contributed by atoms with E-state index < -0.39 is 0 Å². The predicted molar refractivity (Wildman–Crippen MR) is 88.6 cm³/mol. The Hall–Kier alpha value is -1.28. The molecule has 0 atom stereocenters. The van der Waals surface area contributed by atoms with Gasteiger partial charge in [-0.05, 0) is 6.07 Å². The molecule has 2 aromatic heterocycles. The first-order valence-electron chi connectivity index (χ1n) is 7.90. The van der Waals surface area contributed by atoms with Crippen LogP contribution in [0.4, 0.5) is 5.95 Å². The normalized spacial score (nSPS) is 20.6. The van der Waals surface area contributed by atoms with Crippen molar-refractivity contribution in [3.63, 3.8) is 0 Å². The summed E-state index contributed by atoms with van der Waals surface area (Å²) in [6, 6.07) is 2.24. The van der Waals surface area contributed by atoms with Crippen LogP contribution in [0.15, 0.2) is 12.3 Å². The molecule has 4 rings (SSSR count). The highest BCUT2D eigenvalue weighted by molar-refractivity contribution is 7.18. The lowest BCUT2D eigenvalue weighted by atomic mass is 10.3. The van der Waals surface area contributed by atoms with Gasteiger partial charge in [-0.15, -0.1) is 11.3 Å². The molecule has 0 aliphatic carbocycles. The third-order valence-electron chi connectivity index (χ3n) is 4.19. The number of rotatable bonds is 3. The fourth-order valence-corrected chi connectivity index (χ4v) is 4.00. The zero-order valence-electron chi connectivity index (χ0n) is 12.6. The number of morpholine rings is 1. The summed E-state index contributed by atoms with van der Waals surface area (Å²) >= 11 is 1.80. The molecule has 2 aliphatic heterocycles. The van der Waals surface area contributed by atoms with Gasteiger partial charge < -0.3 is 15.0 Å². The topological polar surface area (TPSA) is 53.5 Å². The second-order valence-electron chi connectivity index (χ2n) is 5.77. The molecule has 22 heavy (non-hydrogen) atoms. The number of nitrogens with one attached hydrogen (secondary N) is 1. The number of fused-ring (bicyclic) bond motifs is 1. The van der Waals surface area contributed by atoms with Crippen molar-refractivity contribution < 1.29 is 4.74 Å². The lowest BCUT2D eigenvalue weighted by molar-refractivity contribution is 0.122. The van der Waals surface area contributed by atoms with Crippen LogP contribution in [0.25, 0.3) is 10.2 Å². The third-order valence-corrected chi connectivity index (χ3v) is 5.22. The fraction of sp³-hybridized carbons (Fsp3) is 0.600. The Labute approximate surface area is 134 Å². The molecule has 4 heterocycles. The molecule has 6 nitrogen and oxygen atoms in total. The average Bonchev–Trinajstić information content (AvgIpc) is 2.98. The summed E-state index contributed by atoms with van der Waals surface area (Å²) in [5.41, 5.74) is 0. The third kappa shape index (κ3) is 3.08. The number of nitrogens with zero attached hydrogens (tertiary/aromatic N) is 4. The van der Waals surface area contributed by atoms with E-state index in [9.17, 15) is 0 Å². The van der Waals surface area contributed by atoms with E-state index in [0.29, 0.717) is 0 Å². The molecule has 0 saturated carbocycles. The van der Waals surface area contributed by atoms with Crippen molar-refractivity contribution in [3.8, 4) is 0 Å². The van der Waals surface area contributed by atoms with Crippen molar-refractivity contribution in [2.45, 2.75) is 6.54 Å². The van der Waals surface area contributed by atoms with Crippen LogP contribution >= 0.6 is 11.3 Å². The SMILES string of the molecule is c1nc(N2CCOCC2)nc2sc(CN3CCNCC3)cc12. The largest absolute Gasteiger partial charge is 0.378 e. The lowest BCUT2D eigenvalue weighted by Crippen LogP contribution is -2.42. The zero-order valence-corrected chi connectivity index (χ0v) is 13.4. The zero-order chi connectivity index (χ0) is 14.8. The highest BCUT2D eigenvalue weighted by Crippen LogP contribution is 2.26. The number of hydrogen-bond acceptors (Lipinski definition) is 7. The Morgan fingerprint density at radius 2 is 2.00 bits per heavy atom. The van der Waals surface area contributed by atoms with Gasteiger partial charge in [-0.1, -0.05) is 0 Å². The molecule has 2 fully saturated rings. The molecular formula is C15H21N5OS. The molecule has 2 saturated heterocycles. The first-order valence-corrected chi connectivity index (χ1v) is 8.71. The average molecular weight is 319 g/mol. The van der Waals surface area contributed by atoms with Gasteiger partial charge in [0.05, 0.1) is 13.2 Å². The fourth-order valence-electron chi connectivity index (χ4n) is 2.96. The van der Waals surface area contributed by atoms with Gasteiger partial charge in [-0.3, -0.25) is 4.90 Å². The molecule has 2 aromatic rings.